The molecule has 2 atom stereocenters. The van der Waals surface area contributed by atoms with Crippen LogP contribution >= 0.6 is 0 Å². The number of likely N-dealkylation sites (tertiary alicyclic amines) is 1. The van der Waals surface area contributed by atoms with E-state index in [2.05, 4.69) is 28.8 Å². The van der Waals surface area contributed by atoms with Crippen LogP contribution in [0.4, 0.5) is 4.39 Å². The zero-order valence-electron chi connectivity index (χ0n) is 15.0. The molecule has 0 saturated carbocycles. The van der Waals surface area contributed by atoms with E-state index in [-0.39, 0.29) is 5.82 Å². The first-order chi connectivity index (χ1) is 12.0. The fraction of sp³-hybridized carbons (Fsp3) is 0.579. The molecule has 1 N–H and O–H groups in total. The lowest BCUT2D eigenvalue weighted by Gasteiger charge is -2.26. The summed E-state index contributed by atoms with van der Waals surface area (Å²) in [7, 11) is 0. The van der Waals surface area contributed by atoms with Crippen LogP contribution in [0.5, 0.6) is 0 Å². The molecule has 0 bridgehead atoms. The van der Waals surface area contributed by atoms with Gasteiger partial charge in [-0.3, -0.25) is 4.90 Å². The van der Waals surface area contributed by atoms with E-state index in [9.17, 15) is 9.50 Å². The van der Waals surface area contributed by atoms with E-state index in [1.807, 2.05) is 4.68 Å². The van der Waals surface area contributed by atoms with Crippen molar-refractivity contribution in [1.29, 1.82) is 0 Å². The lowest BCUT2D eigenvalue weighted by Crippen LogP contribution is -2.32. The van der Waals surface area contributed by atoms with Crippen molar-refractivity contribution >= 4 is 0 Å². The summed E-state index contributed by atoms with van der Waals surface area (Å²) in [4.78, 5) is 6.80. The normalized spacial score (nSPS) is 19.6. The van der Waals surface area contributed by atoms with E-state index in [1.165, 1.54) is 12.1 Å². The van der Waals surface area contributed by atoms with Gasteiger partial charge in [0.25, 0.3) is 0 Å². The molecule has 0 aliphatic carbocycles. The third kappa shape index (κ3) is 4.64. The molecule has 0 spiro atoms. The van der Waals surface area contributed by atoms with Crippen LogP contribution in [0.3, 0.4) is 0 Å². The fourth-order valence-electron chi connectivity index (χ4n) is 3.54. The monoisotopic (exact) mass is 346 g/mol. The van der Waals surface area contributed by atoms with Crippen molar-refractivity contribution in [3.05, 3.63) is 47.8 Å². The second kappa shape index (κ2) is 8.06. The molecule has 3 rings (SSSR count). The highest BCUT2D eigenvalue weighted by atomic mass is 19.1. The van der Waals surface area contributed by atoms with Crippen molar-refractivity contribution in [2.24, 2.45) is 5.92 Å². The largest absolute Gasteiger partial charge is 0.388 e. The lowest BCUT2D eigenvalue weighted by atomic mass is 10.0. The molecule has 0 radical (unpaired) electrons. The SMILES string of the molecule is CC(C)Cn1ncnc1CN1CCCC1CC(O)c1ccc(F)cc1. The number of benzene rings is 1. The molecule has 6 heteroatoms. The van der Waals surface area contributed by atoms with Crippen molar-refractivity contribution in [1.82, 2.24) is 19.7 Å². The number of halogens is 1. The van der Waals surface area contributed by atoms with Gasteiger partial charge in [0, 0.05) is 12.6 Å². The Morgan fingerprint density at radius 2 is 2.04 bits per heavy atom. The Labute approximate surface area is 148 Å². The van der Waals surface area contributed by atoms with Gasteiger partial charge in [-0.15, -0.1) is 0 Å². The molecule has 2 unspecified atom stereocenters. The van der Waals surface area contributed by atoms with Gasteiger partial charge in [0.05, 0.1) is 12.6 Å². The summed E-state index contributed by atoms with van der Waals surface area (Å²) in [6, 6.07) is 6.44. The van der Waals surface area contributed by atoms with Crippen molar-refractivity contribution < 1.29 is 9.50 Å². The average molecular weight is 346 g/mol. The highest BCUT2D eigenvalue weighted by Crippen LogP contribution is 2.28. The van der Waals surface area contributed by atoms with Gasteiger partial charge in [-0.25, -0.2) is 14.1 Å². The molecular weight excluding hydrogens is 319 g/mol. The standard InChI is InChI=1S/C19H27FN4O/c1-14(2)11-24-19(21-13-22-24)12-23-9-3-4-17(23)10-18(25)15-5-7-16(20)8-6-15/h5-8,13-14,17-18,25H,3-4,9-12H2,1-2H3. The first-order valence-electron chi connectivity index (χ1n) is 9.07. The van der Waals surface area contributed by atoms with E-state index in [1.54, 1.807) is 18.5 Å². The Balaban J connectivity index is 1.62. The van der Waals surface area contributed by atoms with E-state index in [0.29, 0.717) is 18.4 Å². The number of aliphatic hydroxyl groups excluding tert-OH is 1. The molecule has 1 fully saturated rings. The minimum atomic E-state index is -0.570. The molecule has 2 aromatic rings. The van der Waals surface area contributed by atoms with Gasteiger partial charge in [0.2, 0.25) is 0 Å². The maximum Gasteiger partial charge on any atom is 0.141 e. The van der Waals surface area contributed by atoms with Crippen LogP contribution < -0.4 is 0 Å². The molecule has 1 aliphatic rings. The summed E-state index contributed by atoms with van der Waals surface area (Å²) in [5.41, 5.74) is 0.774. The zero-order valence-corrected chi connectivity index (χ0v) is 15.0. The van der Waals surface area contributed by atoms with Crippen molar-refractivity contribution in [2.75, 3.05) is 6.54 Å². The number of aliphatic hydroxyl groups is 1. The molecule has 25 heavy (non-hydrogen) atoms. The van der Waals surface area contributed by atoms with Gasteiger partial charge in [-0.05, 0) is 49.4 Å². The van der Waals surface area contributed by atoms with E-state index in [0.717, 1.165) is 43.9 Å². The van der Waals surface area contributed by atoms with Gasteiger partial charge in [-0.2, -0.15) is 5.10 Å². The molecule has 5 nitrogen and oxygen atoms in total. The predicted molar refractivity (Wildman–Crippen MR) is 94.3 cm³/mol. The molecular formula is C19H27FN4O. The quantitative estimate of drug-likeness (QED) is 0.837. The van der Waals surface area contributed by atoms with Crippen LogP contribution in [0, 0.1) is 11.7 Å². The number of nitrogens with zero attached hydrogens (tertiary/aromatic N) is 4. The topological polar surface area (TPSA) is 54.2 Å². The maximum atomic E-state index is 13.1. The van der Waals surface area contributed by atoms with Crippen LogP contribution in [0.25, 0.3) is 0 Å². The predicted octanol–water partition coefficient (Wildman–Crippen LogP) is 3.16. The Bertz CT molecular complexity index is 670. The minimum absolute atomic E-state index is 0.275. The van der Waals surface area contributed by atoms with E-state index < -0.39 is 6.10 Å². The highest BCUT2D eigenvalue weighted by molar-refractivity contribution is 5.18. The van der Waals surface area contributed by atoms with Crippen LogP contribution in [0.1, 0.15) is 50.6 Å². The number of aromatic nitrogens is 3. The van der Waals surface area contributed by atoms with Crippen molar-refractivity contribution in [2.45, 2.75) is 58.3 Å². The lowest BCUT2D eigenvalue weighted by molar-refractivity contribution is 0.116. The summed E-state index contributed by atoms with van der Waals surface area (Å²) in [6.45, 7) is 6.97. The summed E-state index contributed by atoms with van der Waals surface area (Å²) < 4.78 is 15.0. The highest BCUT2D eigenvalue weighted by Gasteiger charge is 2.28. The Morgan fingerprint density at radius 3 is 2.76 bits per heavy atom. The summed E-state index contributed by atoms with van der Waals surface area (Å²) in [6.07, 6.45) is 3.90. The van der Waals surface area contributed by atoms with Gasteiger partial charge in [-0.1, -0.05) is 26.0 Å². The number of hydrogen-bond acceptors (Lipinski definition) is 4. The van der Waals surface area contributed by atoms with Crippen LogP contribution in [-0.4, -0.2) is 37.4 Å². The summed E-state index contributed by atoms with van der Waals surface area (Å²) in [5.74, 6) is 1.23. The second-order valence-corrected chi connectivity index (χ2v) is 7.32. The van der Waals surface area contributed by atoms with Gasteiger partial charge in [0.15, 0.2) is 0 Å². The third-order valence-corrected chi connectivity index (χ3v) is 4.83. The Hall–Kier alpha value is -1.79. The Kier molecular flexibility index (Phi) is 5.81. The first-order valence-corrected chi connectivity index (χ1v) is 9.07. The third-order valence-electron chi connectivity index (χ3n) is 4.83. The van der Waals surface area contributed by atoms with Crippen molar-refractivity contribution in [3.63, 3.8) is 0 Å². The minimum Gasteiger partial charge on any atom is -0.388 e. The fourth-order valence-corrected chi connectivity index (χ4v) is 3.54. The summed E-state index contributed by atoms with van der Waals surface area (Å²) in [5, 5.41) is 14.8. The molecule has 1 aliphatic heterocycles. The van der Waals surface area contributed by atoms with Gasteiger partial charge >= 0.3 is 0 Å². The summed E-state index contributed by atoms with van der Waals surface area (Å²) >= 11 is 0. The first kappa shape index (κ1) is 18.0. The molecule has 1 saturated heterocycles. The van der Waals surface area contributed by atoms with Gasteiger partial charge < -0.3 is 5.11 Å². The average Bonchev–Trinajstić information content (AvgIpc) is 3.18. The molecule has 0 amide bonds. The zero-order chi connectivity index (χ0) is 17.8. The van der Waals surface area contributed by atoms with Crippen molar-refractivity contribution in [3.8, 4) is 0 Å². The van der Waals surface area contributed by atoms with E-state index >= 15 is 0 Å². The van der Waals surface area contributed by atoms with E-state index in [4.69, 9.17) is 0 Å². The number of rotatable bonds is 7. The smallest absolute Gasteiger partial charge is 0.141 e. The molecule has 1 aromatic carbocycles. The van der Waals surface area contributed by atoms with Crippen LogP contribution in [0.2, 0.25) is 0 Å². The Morgan fingerprint density at radius 1 is 1.28 bits per heavy atom. The second-order valence-electron chi connectivity index (χ2n) is 7.32. The molecule has 136 valence electrons. The molecule has 2 heterocycles. The molecule has 1 aromatic heterocycles. The van der Waals surface area contributed by atoms with Crippen LogP contribution in [-0.2, 0) is 13.1 Å². The van der Waals surface area contributed by atoms with Crippen LogP contribution in [0.15, 0.2) is 30.6 Å². The number of hydrogen-bond donors (Lipinski definition) is 1. The maximum absolute atomic E-state index is 13.1. The van der Waals surface area contributed by atoms with Gasteiger partial charge in [0.1, 0.15) is 18.0 Å².